The van der Waals surface area contributed by atoms with Gasteiger partial charge in [-0.05, 0) is 38.9 Å². The Labute approximate surface area is 110 Å². The van der Waals surface area contributed by atoms with Crippen molar-refractivity contribution in [2.75, 3.05) is 52.9 Å². The van der Waals surface area contributed by atoms with Crippen molar-refractivity contribution in [2.24, 2.45) is 11.3 Å². The van der Waals surface area contributed by atoms with Gasteiger partial charge >= 0.3 is 0 Å². The SMILES string of the molecule is CC1CCN(CC(=O)N2CC3(CN(C)C3)C2)CC1. The summed E-state index contributed by atoms with van der Waals surface area (Å²) in [5.74, 6) is 1.19. The number of hydrogen-bond donors (Lipinski definition) is 0. The van der Waals surface area contributed by atoms with Crippen LogP contribution in [0.4, 0.5) is 0 Å². The number of nitrogens with zero attached hydrogens (tertiary/aromatic N) is 3. The number of hydrogen-bond acceptors (Lipinski definition) is 3. The van der Waals surface area contributed by atoms with Gasteiger partial charge in [0.15, 0.2) is 0 Å². The first-order chi connectivity index (χ1) is 8.56. The second-order valence-electron chi connectivity index (χ2n) is 6.88. The summed E-state index contributed by atoms with van der Waals surface area (Å²) < 4.78 is 0. The van der Waals surface area contributed by atoms with E-state index in [9.17, 15) is 4.79 Å². The summed E-state index contributed by atoms with van der Waals surface area (Å²) in [6.45, 7) is 9.53. The fraction of sp³-hybridized carbons (Fsp3) is 0.929. The van der Waals surface area contributed by atoms with Gasteiger partial charge in [-0.1, -0.05) is 6.92 Å². The van der Waals surface area contributed by atoms with Crippen LogP contribution in [0.15, 0.2) is 0 Å². The van der Waals surface area contributed by atoms with Crippen molar-refractivity contribution >= 4 is 5.91 Å². The van der Waals surface area contributed by atoms with Crippen LogP contribution in [0.1, 0.15) is 19.8 Å². The molecule has 3 aliphatic heterocycles. The number of piperidine rings is 1. The zero-order valence-corrected chi connectivity index (χ0v) is 11.7. The minimum Gasteiger partial charge on any atom is -0.340 e. The van der Waals surface area contributed by atoms with E-state index >= 15 is 0 Å². The molecular formula is C14H25N3O. The molecule has 0 unspecified atom stereocenters. The Morgan fingerprint density at radius 2 is 1.78 bits per heavy atom. The number of rotatable bonds is 2. The average molecular weight is 251 g/mol. The molecule has 4 heteroatoms. The molecule has 0 atom stereocenters. The van der Waals surface area contributed by atoms with Crippen LogP contribution < -0.4 is 0 Å². The zero-order chi connectivity index (χ0) is 12.8. The molecule has 4 nitrogen and oxygen atoms in total. The predicted octanol–water partition coefficient (Wildman–Crippen LogP) is 0.492. The summed E-state index contributed by atoms with van der Waals surface area (Å²) in [4.78, 5) is 18.9. The lowest BCUT2D eigenvalue weighted by Crippen LogP contribution is -2.72. The lowest BCUT2D eigenvalue weighted by Gasteiger charge is -2.59. The van der Waals surface area contributed by atoms with E-state index in [0.29, 0.717) is 17.9 Å². The maximum absolute atomic E-state index is 12.2. The summed E-state index contributed by atoms with van der Waals surface area (Å²) in [5, 5.41) is 0. The van der Waals surface area contributed by atoms with Crippen molar-refractivity contribution in [1.82, 2.24) is 14.7 Å². The largest absolute Gasteiger partial charge is 0.340 e. The van der Waals surface area contributed by atoms with Crippen molar-refractivity contribution in [3.63, 3.8) is 0 Å². The maximum atomic E-state index is 12.2. The summed E-state index contributed by atoms with van der Waals surface area (Å²) in [7, 11) is 2.16. The molecule has 0 N–H and O–H groups in total. The van der Waals surface area contributed by atoms with Gasteiger partial charge in [-0.3, -0.25) is 9.69 Å². The lowest BCUT2D eigenvalue weighted by molar-refractivity contribution is -0.157. The van der Waals surface area contributed by atoms with Gasteiger partial charge in [0.05, 0.1) is 6.54 Å². The van der Waals surface area contributed by atoms with E-state index in [1.165, 1.54) is 25.9 Å². The molecule has 0 aliphatic carbocycles. The average Bonchev–Trinajstić information content (AvgIpc) is 2.24. The van der Waals surface area contributed by atoms with Gasteiger partial charge < -0.3 is 9.80 Å². The summed E-state index contributed by atoms with van der Waals surface area (Å²) in [6, 6.07) is 0. The monoisotopic (exact) mass is 251 g/mol. The van der Waals surface area contributed by atoms with Gasteiger partial charge in [0, 0.05) is 31.6 Å². The molecule has 18 heavy (non-hydrogen) atoms. The van der Waals surface area contributed by atoms with Gasteiger partial charge in [-0.25, -0.2) is 0 Å². The number of likely N-dealkylation sites (tertiary alicyclic amines) is 3. The predicted molar refractivity (Wildman–Crippen MR) is 71.3 cm³/mol. The van der Waals surface area contributed by atoms with Crippen LogP contribution >= 0.6 is 0 Å². The Kier molecular flexibility index (Phi) is 3.10. The van der Waals surface area contributed by atoms with Crippen molar-refractivity contribution in [3.05, 3.63) is 0 Å². The van der Waals surface area contributed by atoms with Crippen LogP contribution in [0.2, 0.25) is 0 Å². The van der Waals surface area contributed by atoms with Gasteiger partial charge in [0.25, 0.3) is 0 Å². The van der Waals surface area contributed by atoms with E-state index in [-0.39, 0.29) is 0 Å². The molecule has 3 fully saturated rings. The minimum absolute atomic E-state index is 0.352. The maximum Gasteiger partial charge on any atom is 0.236 e. The molecule has 3 aliphatic rings. The van der Waals surface area contributed by atoms with Gasteiger partial charge in [-0.2, -0.15) is 0 Å². The Hall–Kier alpha value is -0.610. The van der Waals surface area contributed by atoms with Gasteiger partial charge in [-0.15, -0.1) is 0 Å². The van der Waals surface area contributed by atoms with Gasteiger partial charge in [0.1, 0.15) is 0 Å². The molecular weight excluding hydrogens is 226 g/mol. The number of carbonyl (C=O) groups is 1. The van der Waals surface area contributed by atoms with E-state index in [2.05, 4.69) is 28.7 Å². The van der Waals surface area contributed by atoms with Gasteiger partial charge in [0.2, 0.25) is 5.91 Å². The Morgan fingerprint density at radius 3 is 2.33 bits per heavy atom. The molecule has 0 bridgehead atoms. The highest BCUT2D eigenvalue weighted by atomic mass is 16.2. The molecule has 0 radical (unpaired) electrons. The van der Waals surface area contributed by atoms with E-state index in [4.69, 9.17) is 0 Å². The van der Waals surface area contributed by atoms with E-state index in [1.807, 2.05) is 0 Å². The quantitative estimate of drug-likeness (QED) is 0.715. The molecule has 102 valence electrons. The molecule has 1 spiro atoms. The lowest BCUT2D eigenvalue weighted by atomic mass is 9.73. The minimum atomic E-state index is 0.352. The van der Waals surface area contributed by atoms with Crippen LogP contribution in [-0.4, -0.2) is 73.5 Å². The van der Waals surface area contributed by atoms with Crippen LogP contribution in [0, 0.1) is 11.3 Å². The molecule has 0 saturated carbocycles. The molecule has 3 saturated heterocycles. The Bertz CT molecular complexity index is 322. The standard InChI is InChI=1S/C14H25N3O/c1-12-3-5-16(6-4-12)7-13(18)17-10-14(11-17)8-15(2)9-14/h12H,3-11H2,1-2H3. The van der Waals surface area contributed by atoms with E-state index in [0.717, 1.165) is 32.1 Å². The second kappa shape index (κ2) is 4.49. The molecule has 3 rings (SSSR count). The third kappa shape index (κ3) is 2.28. The second-order valence-corrected chi connectivity index (χ2v) is 6.88. The van der Waals surface area contributed by atoms with Crippen molar-refractivity contribution in [1.29, 1.82) is 0 Å². The van der Waals surface area contributed by atoms with E-state index in [1.54, 1.807) is 0 Å². The summed E-state index contributed by atoms with van der Waals surface area (Å²) >= 11 is 0. The Morgan fingerprint density at radius 1 is 1.17 bits per heavy atom. The molecule has 0 aromatic rings. The van der Waals surface area contributed by atoms with Crippen LogP contribution in [0.3, 0.4) is 0 Å². The van der Waals surface area contributed by atoms with Crippen molar-refractivity contribution in [3.8, 4) is 0 Å². The van der Waals surface area contributed by atoms with Crippen molar-refractivity contribution in [2.45, 2.75) is 19.8 Å². The highest BCUT2D eigenvalue weighted by Gasteiger charge is 2.51. The third-order valence-electron chi connectivity index (χ3n) is 4.85. The first-order valence-electron chi connectivity index (χ1n) is 7.25. The normalized spacial score (nSPS) is 29.1. The highest BCUT2D eigenvalue weighted by molar-refractivity contribution is 5.79. The van der Waals surface area contributed by atoms with Crippen LogP contribution in [0.5, 0.6) is 0 Å². The van der Waals surface area contributed by atoms with E-state index < -0.39 is 0 Å². The summed E-state index contributed by atoms with van der Waals surface area (Å²) in [5.41, 5.74) is 0.473. The first-order valence-corrected chi connectivity index (χ1v) is 7.25. The first kappa shape index (κ1) is 12.4. The number of amides is 1. The summed E-state index contributed by atoms with van der Waals surface area (Å²) in [6.07, 6.45) is 2.50. The fourth-order valence-corrected chi connectivity index (χ4v) is 3.75. The van der Waals surface area contributed by atoms with Crippen LogP contribution in [-0.2, 0) is 4.79 Å². The molecule has 0 aromatic heterocycles. The molecule has 3 heterocycles. The number of carbonyl (C=O) groups excluding carboxylic acids is 1. The molecule has 0 aromatic carbocycles. The van der Waals surface area contributed by atoms with Crippen LogP contribution in [0.25, 0.3) is 0 Å². The smallest absolute Gasteiger partial charge is 0.236 e. The zero-order valence-electron chi connectivity index (χ0n) is 11.7. The topological polar surface area (TPSA) is 26.8 Å². The van der Waals surface area contributed by atoms with Crippen molar-refractivity contribution < 1.29 is 4.79 Å². The third-order valence-corrected chi connectivity index (χ3v) is 4.85. The Balaban J connectivity index is 1.41. The highest BCUT2D eigenvalue weighted by Crippen LogP contribution is 2.38. The fourth-order valence-electron chi connectivity index (χ4n) is 3.75. The molecule has 1 amide bonds.